The summed E-state index contributed by atoms with van der Waals surface area (Å²) in [5, 5.41) is 21.2. The molecule has 6 nitrogen and oxygen atoms in total. The molecule has 0 atom stereocenters. The summed E-state index contributed by atoms with van der Waals surface area (Å²) in [6, 6.07) is 15.5. The highest BCUT2D eigenvalue weighted by molar-refractivity contribution is 6.04. The van der Waals surface area contributed by atoms with Crippen molar-refractivity contribution in [3.63, 3.8) is 0 Å². The SMILES string of the molecule is Cc1ccc(CN(C)C(=O)COC(=O)c2cc(O)c3ccccc3c2O)cc1. The van der Waals surface area contributed by atoms with Crippen LogP contribution < -0.4 is 0 Å². The van der Waals surface area contributed by atoms with E-state index >= 15 is 0 Å². The molecule has 0 saturated heterocycles. The van der Waals surface area contributed by atoms with Crippen LogP contribution >= 0.6 is 0 Å². The van der Waals surface area contributed by atoms with Crippen molar-refractivity contribution in [1.29, 1.82) is 0 Å². The fourth-order valence-electron chi connectivity index (χ4n) is 2.87. The molecule has 3 rings (SSSR count). The Kier molecular flexibility index (Phi) is 5.49. The van der Waals surface area contributed by atoms with E-state index in [2.05, 4.69) is 0 Å². The van der Waals surface area contributed by atoms with Gasteiger partial charge in [-0.1, -0.05) is 54.1 Å². The fraction of sp³-hybridized carbons (Fsp3) is 0.182. The second-order valence-corrected chi connectivity index (χ2v) is 6.65. The molecule has 0 unspecified atom stereocenters. The second-order valence-electron chi connectivity index (χ2n) is 6.65. The largest absolute Gasteiger partial charge is 0.507 e. The van der Waals surface area contributed by atoms with Crippen LogP contribution in [0.15, 0.2) is 54.6 Å². The first kappa shape index (κ1) is 19.2. The number of benzene rings is 3. The summed E-state index contributed by atoms with van der Waals surface area (Å²) in [4.78, 5) is 26.0. The van der Waals surface area contributed by atoms with Crippen LogP contribution in [0.3, 0.4) is 0 Å². The van der Waals surface area contributed by atoms with Gasteiger partial charge in [0.25, 0.3) is 5.91 Å². The van der Waals surface area contributed by atoms with Gasteiger partial charge in [-0.05, 0) is 18.6 Å². The van der Waals surface area contributed by atoms with E-state index in [0.29, 0.717) is 17.3 Å². The van der Waals surface area contributed by atoms with Crippen LogP contribution in [0.5, 0.6) is 11.5 Å². The molecule has 0 aliphatic carbocycles. The summed E-state index contributed by atoms with van der Waals surface area (Å²) in [6.07, 6.45) is 0. The molecule has 0 aromatic heterocycles. The van der Waals surface area contributed by atoms with Gasteiger partial charge in [0.15, 0.2) is 6.61 Å². The van der Waals surface area contributed by atoms with Gasteiger partial charge >= 0.3 is 5.97 Å². The number of phenols is 2. The molecule has 3 aromatic rings. The molecule has 0 radical (unpaired) electrons. The summed E-state index contributed by atoms with van der Waals surface area (Å²) < 4.78 is 5.05. The van der Waals surface area contributed by atoms with E-state index in [9.17, 15) is 19.8 Å². The van der Waals surface area contributed by atoms with E-state index in [1.807, 2.05) is 31.2 Å². The minimum Gasteiger partial charge on any atom is -0.507 e. The molecule has 144 valence electrons. The van der Waals surface area contributed by atoms with Crippen molar-refractivity contribution < 1.29 is 24.5 Å². The van der Waals surface area contributed by atoms with E-state index in [0.717, 1.165) is 17.2 Å². The van der Waals surface area contributed by atoms with Gasteiger partial charge in [0.05, 0.1) is 0 Å². The molecule has 0 saturated carbocycles. The topological polar surface area (TPSA) is 87.1 Å². The standard InChI is InChI=1S/C22H21NO5/c1-14-7-9-15(10-8-14)12-23(2)20(25)13-28-22(27)18-11-19(24)16-5-3-4-6-17(16)21(18)26/h3-11,24,26H,12-13H2,1-2H3. The van der Waals surface area contributed by atoms with E-state index in [-0.39, 0.29) is 23.0 Å². The van der Waals surface area contributed by atoms with Gasteiger partial charge in [0.1, 0.15) is 17.1 Å². The monoisotopic (exact) mass is 379 g/mol. The number of nitrogens with zero attached hydrogens (tertiary/aromatic N) is 1. The van der Waals surface area contributed by atoms with Crippen LogP contribution in [0.4, 0.5) is 0 Å². The smallest absolute Gasteiger partial charge is 0.342 e. The number of aryl methyl sites for hydroxylation is 1. The molecule has 0 heterocycles. The average molecular weight is 379 g/mol. The average Bonchev–Trinajstić information content (AvgIpc) is 2.70. The third-order valence-corrected chi connectivity index (χ3v) is 4.51. The third-order valence-electron chi connectivity index (χ3n) is 4.51. The summed E-state index contributed by atoms with van der Waals surface area (Å²) in [7, 11) is 1.62. The quantitative estimate of drug-likeness (QED) is 0.524. The van der Waals surface area contributed by atoms with E-state index in [1.165, 1.54) is 4.90 Å². The van der Waals surface area contributed by atoms with Gasteiger partial charge < -0.3 is 19.8 Å². The fourth-order valence-corrected chi connectivity index (χ4v) is 2.87. The molecule has 6 heteroatoms. The first-order valence-electron chi connectivity index (χ1n) is 8.77. The Labute approximate surface area is 162 Å². The number of carbonyl (C=O) groups is 2. The predicted octanol–water partition coefficient (Wildman–Crippen LogP) is 3.37. The van der Waals surface area contributed by atoms with Crippen LogP contribution in [-0.2, 0) is 16.1 Å². The Balaban J connectivity index is 1.66. The molecular weight excluding hydrogens is 358 g/mol. The maximum Gasteiger partial charge on any atom is 0.342 e. The van der Waals surface area contributed by atoms with Crippen molar-refractivity contribution in [2.45, 2.75) is 13.5 Å². The number of phenolic OH excluding ortho intramolecular Hbond substituents is 2. The summed E-state index contributed by atoms with van der Waals surface area (Å²) in [5.74, 6) is -1.70. The van der Waals surface area contributed by atoms with Crippen LogP contribution in [0.2, 0.25) is 0 Å². The zero-order chi connectivity index (χ0) is 20.3. The number of rotatable bonds is 5. The van der Waals surface area contributed by atoms with Gasteiger partial charge in [-0.25, -0.2) is 4.79 Å². The van der Waals surface area contributed by atoms with Crippen LogP contribution in [0, 0.1) is 6.92 Å². The lowest BCUT2D eigenvalue weighted by Crippen LogP contribution is -2.30. The van der Waals surface area contributed by atoms with Crippen molar-refractivity contribution in [2.24, 2.45) is 0 Å². The number of carbonyl (C=O) groups excluding carboxylic acids is 2. The van der Waals surface area contributed by atoms with Gasteiger partial charge in [-0.15, -0.1) is 0 Å². The van der Waals surface area contributed by atoms with Crippen molar-refractivity contribution in [1.82, 2.24) is 4.90 Å². The Morgan fingerprint density at radius 2 is 1.64 bits per heavy atom. The van der Waals surface area contributed by atoms with Gasteiger partial charge in [0, 0.05) is 24.4 Å². The number of ether oxygens (including phenoxy) is 1. The number of amides is 1. The number of esters is 1. The molecule has 0 aliphatic heterocycles. The molecule has 0 spiro atoms. The maximum absolute atomic E-state index is 12.3. The second kappa shape index (κ2) is 8.00. The molecule has 1 amide bonds. The van der Waals surface area contributed by atoms with Crippen molar-refractivity contribution in [2.75, 3.05) is 13.7 Å². The summed E-state index contributed by atoms with van der Waals surface area (Å²) in [5.41, 5.74) is 1.90. The van der Waals surface area contributed by atoms with Gasteiger partial charge in [-0.2, -0.15) is 0 Å². The van der Waals surface area contributed by atoms with E-state index in [4.69, 9.17) is 4.74 Å². The Morgan fingerprint density at radius 3 is 2.32 bits per heavy atom. The third kappa shape index (κ3) is 4.06. The number of aromatic hydroxyl groups is 2. The molecule has 3 aromatic carbocycles. The molecule has 0 fully saturated rings. The normalized spacial score (nSPS) is 10.6. The predicted molar refractivity (Wildman–Crippen MR) is 105 cm³/mol. The lowest BCUT2D eigenvalue weighted by molar-refractivity contribution is -0.133. The minimum atomic E-state index is -0.879. The highest BCUT2D eigenvalue weighted by Gasteiger charge is 2.20. The molecule has 0 bridgehead atoms. The number of fused-ring (bicyclic) bond motifs is 1. The van der Waals surface area contributed by atoms with Crippen LogP contribution in [0.25, 0.3) is 10.8 Å². The summed E-state index contributed by atoms with van der Waals surface area (Å²) in [6.45, 7) is 1.91. The molecule has 0 aliphatic rings. The van der Waals surface area contributed by atoms with Crippen LogP contribution in [-0.4, -0.2) is 40.6 Å². The van der Waals surface area contributed by atoms with Gasteiger partial charge in [-0.3, -0.25) is 4.79 Å². The molecule has 2 N–H and O–H groups in total. The van der Waals surface area contributed by atoms with Gasteiger partial charge in [0.2, 0.25) is 0 Å². The molecule has 28 heavy (non-hydrogen) atoms. The highest BCUT2D eigenvalue weighted by Crippen LogP contribution is 2.35. The first-order chi connectivity index (χ1) is 13.4. The lowest BCUT2D eigenvalue weighted by atomic mass is 10.0. The Morgan fingerprint density at radius 1 is 1.00 bits per heavy atom. The highest BCUT2D eigenvalue weighted by atomic mass is 16.5. The number of hydrogen-bond acceptors (Lipinski definition) is 5. The lowest BCUT2D eigenvalue weighted by Gasteiger charge is -2.17. The van der Waals surface area contributed by atoms with E-state index < -0.39 is 12.6 Å². The van der Waals surface area contributed by atoms with Crippen molar-refractivity contribution in [3.05, 3.63) is 71.3 Å². The van der Waals surface area contributed by atoms with Crippen molar-refractivity contribution in [3.8, 4) is 11.5 Å². The number of likely N-dealkylation sites (N-methyl/N-ethyl adjacent to an activating group) is 1. The molecular formula is C22H21NO5. The Hall–Kier alpha value is -3.54. The minimum absolute atomic E-state index is 0.150. The van der Waals surface area contributed by atoms with Crippen molar-refractivity contribution >= 4 is 22.6 Å². The Bertz CT molecular complexity index is 1030. The zero-order valence-electron chi connectivity index (χ0n) is 15.7. The maximum atomic E-state index is 12.3. The number of hydrogen-bond donors (Lipinski definition) is 2. The van der Waals surface area contributed by atoms with E-state index in [1.54, 1.807) is 31.3 Å². The van der Waals surface area contributed by atoms with Crippen LogP contribution in [0.1, 0.15) is 21.5 Å². The first-order valence-corrected chi connectivity index (χ1v) is 8.77. The summed E-state index contributed by atoms with van der Waals surface area (Å²) >= 11 is 0. The zero-order valence-corrected chi connectivity index (χ0v) is 15.7.